The smallest absolute Gasteiger partial charge is 0.267 e. The van der Waals surface area contributed by atoms with Gasteiger partial charge in [0, 0.05) is 29.3 Å². The predicted octanol–water partition coefficient (Wildman–Crippen LogP) is 5.25. The van der Waals surface area contributed by atoms with Gasteiger partial charge in [-0.15, -0.1) is 0 Å². The molecule has 0 bridgehead atoms. The molecular weight excluding hydrogens is 378 g/mol. The number of rotatable bonds is 4. The molecule has 1 heterocycles. The lowest BCUT2D eigenvalue weighted by molar-refractivity contribution is -0.384. The van der Waals surface area contributed by atoms with Gasteiger partial charge in [-0.3, -0.25) is 25.0 Å². The molecule has 0 saturated carbocycles. The van der Waals surface area contributed by atoms with Crippen LogP contribution in [0.4, 0.5) is 5.69 Å². The molecule has 0 unspecified atom stereocenters. The number of nitrogens with one attached hydrogen (secondary N) is 1. The zero-order valence-corrected chi connectivity index (χ0v) is 15.3. The van der Waals surface area contributed by atoms with Crippen molar-refractivity contribution in [1.29, 1.82) is 0 Å². The Balaban J connectivity index is 1.73. The Kier molecular flexibility index (Phi) is 4.55. The standard InChI is InChI=1S/C21H14ClN3O3/c22-19-12-15(25(27)28)10-11-17(19)21(26)23-24-13-18(14-6-2-1-3-7-14)16-8-4-5-9-20(16)24/h1-13H,(H,23,26). The van der Waals surface area contributed by atoms with Gasteiger partial charge in [0.25, 0.3) is 11.6 Å². The van der Waals surface area contributed by atoms with Crippen molar-refractivity contribution in [2.24, 2.45) is 0 Å². The maximum atomic E-state index is 12.7. The molecule has 0 saturated heterocycles. The van der Waals surface area contributed by atoms with Crippen LogP contribution in [-0.2, 0) is 0 Å². The predicted molar refractivity (Wildman–Crippen MR) is 109 cm³/mol. The number of amides is 1. The highest BCUT2D eigenvalue weighted by Gasteiger charge is 2.17. The minimum atomic E-state index is -0.556. The summed E-state index contributed by atoms with van der Waals surface area (Å²) in [6.07, 6.45) is 1.84. The molecule has 6 nitrogen and oxygen atoms in total. The van der Waals surface area contributed by atoms with Crippen LogP contribution in [0.1, 0.15) is 10.4 Å². The van der Waals surface area contributed by atoms with Gasteiger partial charge in [-0.25, -0.2) is 0 Å². The molecule has 138 valence electrons. The molecule has 4 aromatic rings. The van der Waals surface area contributed by atoms with E-state index in [9.17, 15) is 14.9 Å². The molecule has 0 aliphatic heterocycles. The molecule has 0 aliphatic rings. The van der Waals surface area contributed by atoms with Crippen molar-refractivity contribution in [2.75, 3.05) is 5.43 Å². The third-order valence-electron chi connectivity index (χ3n) is 4.43. The maximum Gasteiger partial charge on any atom is 0.271 e. The number of non-ortho nitro benzene ring substituents is 1. The summed E-state index contributed by atoms with van der Waals surface area (Å²) in [5, 5.41) is 11.9. The van der Waals surface area contributed by atoms with E-state index >= 15 is 0 Å². The van der Waals surface area contributed by atoms with E-state index in [0.29, 0.717) is 0 Å². The Morgan fingerprint density at radius 1 is 1.00 bits per heavy atom. The van der Waals surface area contributed by atoms with E-state index in [-0.39, 0.29) is 16.3 Å². The second-order valence-electron chi connectivity index (χ2n) is 6.16. The number of nitrogens with zero attached hydrogens (tertiary/aromatic N) is 2. The summed E-state index contributed by atoms with van der Waals surface area (Å²) in [5.41, 5.74) is 5.63. The van der Waals surface area contributed by atoms with Crippen molar-refractivity contribution in [2.45, 2.75) is 0 Å². The van der Waals surface area contributed by atoms with Gasteiger partial charge >= 0.3 is 0 Å². The number of para-hydroxylation sites is 1. The first-order valence-electron chi connectivity index (χ1n) is 8.45. The highest BCUT2D eigenvalue weighted by atomic mass is 35.5. The Labute approximate surface area is 165 Å². The first-order valence-corrected chi connectivity index (χ1v) is 8.83. The molecule has 1 aromatic heterocycles. The number of nitro benzene ring substituents is 1. The van der Waals surface area contributed by atoms with Gasteiger partial charge in [0.2, 0.25) is 0 Å². The Hall–Kier alpha value is -3.64. The van der Waals surface area contributed by atoms with Crippen molar-refractivity contribution in [1.82, 2.24) is 4.68 Å². The van der Waals surface area contributed by atoms with Crippen molar-refractivity contribution < 1.29 is 9.72 Å². The molecule has 4 rings (SSSR count). The van der Waals surface area contributed by atoms with Gasteiger partial charge in [-0.05, 0) is 17.7 Å². The van der Waals surface area contributed by atoms with E-state index in [4.69, 9.17) is 11.6 Å². The highest BCUT2D eigenvalue weighted by molar-refractivity contribution is 6.34. The minimum absolute atomic E-state index is 0.0199. The molecule has 0 aliphatic carbocycles. The van der Waals surface area contributed by atoms with Crippen LogP contribution in [0, 0.1) is 10.1 Å². The average molecular weight is 392 g/mol. The van der Waals surface area contributed by atoms with E-state index in [1.54, 1.807) is 4.68 Å². The first-order chi connectivity index (χ1) is 13.5. The molecular formula is C21H14ClN3O3. The maximum absolute atomic E-state index is 12.7. The fourth-order valence-corrected chi connectivity index (χ4v) is 3.35. The zero-order chi connectivity index (χ0) is 19.7. The number of carbonyl (C=O) groups excluding carboxylic acids is 1. The summed E-state index contributed by atoms with van der Waals surface area (Å²) in [6.45, 7) is 0. The fraction of sp³-hybridized carbons (Fsp3) is 0. The van der Waals surface area contributed by atoms with Crippen LogP contribution in [0.2, 0.25) is 5.02 Å². The Bertz CT molecular complexity index is 1200. The van der Waals surface area contributed by atoms with Gasteiger partial charge in [0.1, 0.15) is 0 Å². The lowest BCUT2D eigenvalue weighted by Crippen LogP contribution is -2.22. The fourth-order valence-electron chi connectivity index (χ4n) is 3.09. The van der Waals surface area contributed by atoms with Crippen LogP contribution < -0.4 is 5.43 Å². The van der Waals surface area contributed by atoms with Crippen molar-refractivity contribution >= 4 is 34.1 Å². The number of fused-ring (bicyclic) bond motifs is 1. The number of halogens is 1. The van der Waals surface area contributed by atoms with Crippen LogP contribution in [0.25, 0.3) is 22.0 Å². The largest absolute Gasteiger partial charge is 0.271 e. The second-order valence-corrected chi connectivity index (χ2v) is 6.57. The van der Waals surface area contributed by atoms with Crippen molar-refractivity contribution in [3.8, 4) is 11.1 Å². The summed E-state index contributed by atoms with van der Waals surface area (Å²) in [5.74, 6) is -0.458. The van der Waals surface area contributed by atoms with Crippen LogP contribution in [0.15, 0.2) is 79.0 Å². The quantitative estimate of drug-likeness (QED) is 0.381. The highest BCUT2D eigenvalue weighted by Crippen LogP contribution is 2.30. The van der Waals surface area contributed by atoms with Gasteiger partial charge in [-0.1, -0.05) is 60.1 Å². The SMILES string of the molecule is O=C(Nn1cc(-c2ccccc2)c2ccccc21)c1ccc([N+](=O)[O-])cc1Cl. The van der Waals surface area contributed by atoms with E-state index in [2.05, 4.69) is 5.43 Å². The number of nitro groups is 1. The molecule has 3 aromatic carbocycles. The molecule has 7 heteroatoms. The summed E-state index contributed by atoms with van der Waals surface area (Å²) in [4.78, 5) is 23.0. The van der Waals surface area contributed by atoms with Crippen LogP contribution >= 0.6 is 11.6 Å². The Morgan fingerprint density at radius 3 is 2.43 bits per heavy atom. The van der Waals surface area contributed by atoms with E-state index < -0.39 is 10.8 Å². The normalized spacial score (nSPS) is 10.8. The minimum Gasteiger partial charge on any atom is -0.267 e. The van der Waals surface area contributed by atoms with E-state index in [1.807, 2.05) is 60.8 Å². The lowest BCUT2D eigenvalue weighted by atomic mass is 10.1. The first kappa shape index (κ1) is 17.8. The van der Waals surface area contributed by atoms with Gasteiger partial charge < -0.3 is 0 Å². The van der Waals surface area contributed by atoms with Crippen LogP contribution in [0.3, 0.4) is 0 Å². The molecule has 0 radical (unpaired) electrons. The average Bonchev–Trinajstić information content (AvgIpc) is 3.07. The summed E-state index contributed by atoms with van der Waals surface area (Å²) >= 11 is 6.08. The third-order valence-corrected chi connectivity index (χ3v) is 4.74. The molecule has 1 N–H and O–H groups in total. The number of aromatic nitrogens is 1. The van der Waals surface area contributed by atoms with Crippen molar-refractivity contribution in [3.63, 3.8) is 0 Å². The summed E-state index contributed by atoms with van der Waals surface area (Å²) in [7, 11) is 0. The molecule has 0 fully saturated rings. The lowest BCUT2D eigenvalue weighted by Gasteiger charge is -2.09. The third kappa shape index (κ3) is 3.21. The number of hydrogen-bond donors (Lipinski definition) is 1. The Morgan fingerprint density at radius 2 is 1.71 bits per heavy atom. The van der Waals surface area contributed by atoms with E-state index in [0.717, 1.165) is 22.0 Å². The second kappa shape index (κ2) is 7.17. The number of carbonyl (C=O) groups is 1. The van der Waals surface area contributed by atoms with Gasteiger partial charge in [0.05, 0.1) is 21.0 Å². The van der Waals surface area contributed by atoms with Crippen LogP contribution in [-0.4, -0.2) is 15.5 Å². The van der Waals surface area contributed by atoms with Crippen LogP contribution in [0.5, 0.6) is 0 Å². The van der Waals surface area contributed by atoms with Gasteiger partial charge in [-0.2, -0.15) is 0 Å². The molecule has 0 spiro atoms. The van der Waals surface area contributed by atoms with Gasteiger partial charge in [0.15, 0.2) is 0 Å². The molecule has 0 atom stereocenters. The summed E-state index contributed by atoms with van der Waals surface area (Å²) < 4.78 is 1.64. The topological polar surface area (TPSA) is 77.2 Å². The molecule has 1 amide bonds. The molecule has 28 heavy (non-hydrogen) atoms. The monoisotopic (exact) mass is 391 g/mol. The number of hydrogen-bond acceptors (Lipinski definition) is 3. The van der Waals surface area contributed by atoms with Crippen molar-refractivity contribution in [3.05, 3.63) is 99.7 Å². The number of benzene rings is 3. The summed E-state index contributed by atoms with van der Waals surface area (Å²) in [6, 6.07) is 21.3. The zero-order valence-electron chi connectivity index (χ0n) is 14.5. The van der Waals surface area contributed by atoms with E-state index in [1.165, 1.54) is 18.2 Å².